The van der Waals surface area contributed by atoms with Crippen LogP contribution in [0.1, 0.15) is 36.2 Å². The second-order valence-corrected chi connectivity index (χ2v) is 9.51. The molecular formula is C23H25F4N7O4. The molecule has 0 bridgehead atoms. The van der Waals surface area contributed by atoms with Crippen molar-refractivity contribution in [1.29, 1.82) is 0 Å². The lowest BCUT2D eigenvalue weighted by Crippen LogP contribution is -2.42. The lowest BCUT2D eigenvalue weighted by molar-refractivity contribution is -0.136. The maximum atomic E-state index is 14.7. The fourth-order valence-electron chi connectivity index (χ4n) is 4.24. The molecule has 38 heavy (non-hydrogen) atoms. The number of methoxy groups -OCH3 is 1. The van der Waals surface area contributed by atoms with Crippen LogP contribution in [0.3, 0.4) is 0 Å². The average Bonchev–Trinajstić information content (AvgIpc) is 3.39. The third kappa shape index (κ3) is 5.32. The second kappa shape index (κ2) is 9.70. The van der Waals surface area contributed by atoms with Gasteiger partial charge >= 0.3 is 6.18 Å². The molecule has 1 fully saturated rings. The summed E-state index contributed by atoms with van der Waals surface area (Å²) in [6, 6.07) is 0.979. The van der Waals surface area contributed by atoms with Gasteiger partial charge in [-0.3, -0.25) is 9.59 Å². The van der Waals surface area contributed by atoms with Crippen molar-refractivity contribution in [2.45, 2.75) is 44.3 Å². The van der Waals surface area contributed by atoms with Gasteiger partial charge in [0.2, 0.25) is 11.8 Å². The third-order valence-corrected chi connectivity index (χ3v) is 5.97. The number of likely N-dealkylation sites (tertiary alicyclic amines) is 1. The fourth-order valence-corrected chi connectivity index (χ4v) is 4.24. The minimum atomic E-state index is -4.77. The molecule has 15 heteroatoms. The zero-order chi connectivity index (χ0) is 28.0. The fraction of sp³-hybridized carbons (Fsp3) is 0.435. The number of nitrogens with two attached hydrogens (primary N) is 1. The van der Waals surface area contributed by atoms with Crippen molar-refractivity contribution in [1.82, 2.24) is 29.8 Å². The van der Waals surface area contributed by atoms with Crippen molar-refractivity contribution in [3.8, 4) is 17.1 Å². The highest BCUT2D eigenvalue weighted by Crippen LogP contribution is 2.39. The predicted octanol–water partition coefficient (Wildman–Crippen LogP) is 1.84. The quantitative estimate of drug-likeness (QED) is 0.402. The summed E-state index contributed by atoms with van der Waals surface area (Å²) in [4.78, 5) is 34.4. The molecule has 4 rings (SSSR count). The Kier molecular flexibility index (Phi) is 6.90. The van der Waals surface area contributed by atoms with Gasteiger partial charge in [-0.25, -0.2) is 18.9 Å². The van der Waals surface area contributed by atoms with E-state index in [2.05, 4.69) is 20.4 Å². The highest BCUT2D eigenvalue weighted by atomic mass is 19.4. The Morgan fingerprint density at radius 1 is 1.24 bits per heavy atom. The van der Waals surface area contributed by atoms with Crippen molar-refractivity contribution in [3.63, 3.8) is 0 Å². The summed E-state index contributed by atoms with van der Waals surface area (Å²) in [7, 11) is 1.24. The lowest BCUT2D eigenvalue weighted by Gasteiger charge is -2.22. The molecule has 0 unspecified atom stereocenters. The van der Waals surface area contributed by atoms with Crippen LogP contribution in [0.4, 0.5) is 23.4 Å². The Morgan fingerprint density at radius 2 is 1.95 bits per heavy atom. The number of halogens is 4. The number of rotatable bonds is 6. The van der Waals surface area contributed by atoms with Gasteiger partial charge in [0.15, 0.2) is 5.82 Å². The number of pyridine rings is 1. The van der Waals surface area contributed by atoms with E-state index in [1.807, 2.05) is 0 Å². The molecule has 1 aliphatic rings. The van der Waals surface area contributed by atoms with Crippen molar-refractivity contribution >= 4 is 23.1 Å². The van der Waals surface area contributed by atoms with Crippen LogP contribution in [-0.2, 0) is 11.0 Å². The molecular weight excluding hydrogens is 514 g/mol. The van der Waals surface area contributed by atoms with Crippen LogP contribution >= 0.6 is 0 Å². The Balaban J connectivity index is 1.65. The number of amides is 2. The number of ether oxygens (including phenoxy) is 1. The van der Waals surface area contributed by atoms with Crippen LogP contribution in [-0.4, -0.2) is 79.4 Å². The van der Waals surface area contributed by atoms with E-state index in [4.69, 9.17) is 10.5 Å². The van der Waals surface area contributed by atoms with Gasteiger partial charge in [-0.05, 0) is 26.0 Å². The first-order valence-corrected chi connectivity index (χ1v) is 11.4. The maximum Gasteiger partial charge on any atom is 0.418 e. The number of carbonyl (C=O) groups excluding carboxylic acids is 2. The molecule has 3 aromatic rings. The molecule has 0 aromatic carbocycles. The smallest absolute Gasteiger partial charge is 0.418 e. The van der Waals surface area contributed by atoms with Crippen LogP contribution in [0, 0.1) is 0 Å². The Hall–Kier alpha value is -4.01. The zero-order valence-corrected chi connectivity index (χ0v) is 20.6. The summed E-state index contributed by atoms with van der Waals surface area (Å²) >= 11 is 0. The van der Waals surface area contributed by atoms with E-state index in [-0.39, 0.29) is 42.2 Å². The summed E-state index contributed by atoms with van der Waals surface area (Å²) in [6.07, 6.45) is -4.39. The molecule has 204 valence electrons. The van der Waals surface area contributed by atoms with Crippen LogP contribution in [0.5, 0.6) is 5.88 Å². The minimum Gasteiger partial charge on any atom is -0.480 e. The first-order chi connectivity index (χ1) is 17.7. The van der Waals surface area contributed by atoms with Gasteiger partial charge in [0.05, 0.1) is 43.0 Å². The van der Waals surface area contributed by atoms with E-state index in [1.165, 1.54) is 38.1 Å². The number of anilines is 1. The molecule has 0 radical (unpaired) electrons. The molecule has 0 saturated carbocycles. The number of nitrogens with zero attached hydrogens (tertiary/aromatic N) is 5. The van der Waals surface area contributed by atoms with Gasteiger partial charge in [0.25, 0.3) is 5.91 Å². The number of alkyl halides is 4. The van der Waals surface area contributed by atoms with Crippen LogP contribution in [0.2, 0.25) is 0 Å². The molecule has 4 N–H and O–H groups in total. The highest BCUT2D eigenvalue weighted by Gasteiger charge is 2.39. The first-order valence-electron chi connectivity index (χ1n) is 11.4. The molecule has 1 saturated heterocycles. The zero-order valence-electron chi connectivity index (χ0n) is 20.6. The Labute approximate surface area is 213 Å². The van der Waals surface area contributed by atoms with Gasteiger partial charge in [-0.15, -0.1) is 0 Å². The number of fused-ring (bicyclic) bond motifs is 1. The molecule has 4 heterocycles. The summed E-state index contributed by atoms with van der Waals surface area (Å²) in [5.41, 5.74) is 2.70. The number of nitrogen functional groups attached to an aromatic ring is 1. The average molecular weight is 539 g/mol. The Morgan fingerprint density at radius 3 is 2.58 bits per heavy atom. The van der Waals surface area contributed by atoms with Crippen molar-refractivity contribution < 1.29 is 37.0 Å². The number of hydrogen-bond acceptors (Lipinski definition) is 8. The normalized spacial score (nSPS) is 18.2. The van der Waals surface area contributed by atoms with E-state index in [1.54, 1.807) is 0 Å². The molecule has 11 nitrogen and oxygen atoms in total. The number of hydrogen-bond donors (Lipinski definition) is 3. The van der Waals surface area contributed by atoms with E-state index < -0.39 is 52.7 Å². The van der Waals surface area contributed by atoms with Crippen LogP contribution < -0.4 is 15.8 Å². The van der Waals surface area contributed by atoms with E-state index in [0.717, 1.165) is 16.9 Å². The Bertz CT molecular complexity index is 1390. The maximum absolute atomic E-state index is 14.7. The molecule has 0 aliphatic carbocycles. The molecule has 1 aliphatic heterocycles. The second-order valence-electron chi connectivity index (χ2n) is 9.51. The number of nitrogens with one attached hydrogen (secondary N) is 1. The molecule has 3 aromatic heterocycles. The highest BCUT2D eigenvalue weighted by molar-refractivity contribution is 5.98. The van der Waals surface area contributed by atoms with Crippen LogP contribution in [0.25, 0.3) is 16.8 Å². The SMILES string of the molecule is COc1ncc(-c2cc(C(F)(F)F)c3c(N)ncnn23)cc1C(=O)N[C@@H]1CN(C(=O)CC(C)(C)O)C[C@@H]1F. The third-order valence-electron chi connectivity index (χ3n) is 5.97. The van der Waals surface area contributed by atoms with Gasteiger partial charge < -0.3 is 25.8 Å². The molecule has 0 spiro atoms. The van der Waals surface area contributed by atoms with Crippen LogP contribution in [0.15, 0.2) is 24.7 Å². The largest absolute Gasteiger partial charge is 0.480 e. The van der Waals surface area contributed by atoms with Gasteiger partial charge in [-0.1, -0.05) is 0 Å². The minimum absolute atomic E-state index is 0.0711. The van der Waals surface area contributed by atoms with Gasteiger partial charge in [0.1, 0.15) is 23.6 Å². The predicted molar refractivity (Wildman–Crippen MR) is 126 cm³/mol. The summed E-state index contributed by atoms with van der Waals surface area (Å²) in [5.74, 6) is -1.83. The molecule has 2 atom stereocenters. The van der Waals surface area contributed by atoms with Gasteiger partial charge in [-0.2, -0.15) is 18.3 Å². The van der Waals surface area contributed by atoms with Gasteiger partial charge in [0, 0.05) is 18.3 Å². The lowest BCUT2D eigenvalue weighted by atomic mass is 10.1. The summed E-state index contributed by atoms with van der Waals surface area (Å²) < 4.78 is 61.9. The monoisotopic (exact) mass is 539 g/mol. The van der Waals surface area contributed by atoms with E-state index in [0.29, 0.717) is 0 Å². The van der Waals surface area contributed by atoms with E-state index >= 15 is 0 Å². The van der Waals surface area contributed by atoms with Crippen molar-refractivity contribution in [2.75, 3.05) is 25.9 Å². The molecule has 2 amide bonds. The topological polar surface area (TPSA) is 148 Å². The van der Waals surface area contributed by atoms with Crippen molar-refractivity contribution in [3.05, 3.63) is 35.8 Å². The first kappa shape index (κ1) is 27.0. The van der Waals surface area contributed by atoms with E-state index in [9.17, 15) is 32.3 Å². The summed E-state index contributed by atoms with van der Waals surface area (Å²) in [6.45, 7) is 2.50. The number of carbonyl (C=O) groups is 2. The van der Waals surface area contributed by atoms with Crippen molar-refractivity contribution in [2.24, 2.45) is 0 Å². The number of aliphatic hydroxyl groups is 1. The summed E-state index contributed by atoms with van der Waals surface area (Å²) in [5, 5.41) is 16.2. The number of aromatic nitrogens is 4. The standard InChI is InChI=1S/C23H25F4N7O4/c1-22(2,37)6-17(35)33-8-14(24)15(9-33)32-20(36)12-4-11(7-29-21(12)38-3)16-5-13(23(25,26)27)18-19(28)30-10-31-34(16)18/h4-5,7,10,14-15,37H,6,8-9H2,1-3H3,(H,32,36)(H2,28,30,31)/t14-,15+/m0/s1.